The van der Waals surface area contributed by atoms with Gasteiger partial charge < -0.3 is 54.7 Å². The van der Waals surface area contributed by atoms with Gasteiger partial charge in [0.2, 0.25) is 11.8 Å². The maximum atomic E-state index is 11.9. The molecule has 0 spiro atoms. The normalized spacial score (nSPS) is 34.7. The third-order valence-corrected chi connectivity index (χ3v) is 6.38. The monoisotopic (exact) mass is 554 g/mol. The number of aliphatic hydroxyl groups excluding tert-OH is 4. The predicted octanol–water partition coefficient (Wildman–Crippen LogP) is -1.67. The molecule has 0 aliphatic carbocycles. The first-order chi connectivity index (χ1) is 18.7. The Labute approximate surface area is 226 Å². The first-order valence-electron chi connectivity index (χ1n) is 12.7. The molecule has 0 aromatic heterocycles. The van der Waals surface area contributed by atoms with E-state index in [0.29, 0.717) is 0 Å². The molecule has 1 aromatic carbocycles. The van der Waals surface area contributed by atoms with Crippen molar-refractivity contribution in [2.24, 2.45) is 0 Å². The number of hydrogen-bond acceptors (Lipinski definition) is 11. The lowest BCUT2D eigenvalue weighted by atomic mass is 9.94. The van der Waals surface area contributed by atoms with Crippen molar-refractivity contribution < 1.29 is 53.7 Å². The Hall–Kier alpha value is -2.46. The first kappa shape index (κ1) is 31.1. The van der Waals surface area contributed by atoms with Crippen molar-refractivity contribution in [3.63, 3.8) is 0 Å². The Morgan fingerprint density at radius 2 is 1.64 bits per heavy atom. The maximum absolute atomic E-state index is 11.9. The minimum atomic E-state index is -1.55. The van der Waals surface area contributed by atoms with Crippen molar-refractivity contribution in [2.75, 3.05) is 19.8 Å². The predicted molar refractivity (Wildman–Crippen MR) is 135 cm³/mol. The molecule has 6 N–H and O–H groups in total. The number of rotatable bonds is 12. The van der Waals surface area contributed by atoms with Crippen LogP contribution in [-0.2, 0) is 39.9 Å². The molecule has 0 unspecified atom stereocenters. The van der Waals surface area contributed by atoms with Gasteiger partial charge in [0.15, 0.2) is 12.6 Å². The standard InChI is InChI=1S/C26H38N2O11/c1-4-10-36-24-20(28-15(3)31)25(34)37-18(13-35-12-16-8-6-5-7-9-16)23(24)39-26-19(27-14(2)30)22(33)21(32)17(11-29)38-26/h4-9,17-26,29,32-34H,1,10-13H2,2-3H3,(H,27,30)(H,28,31)/t17-,18-,19+,20+,21-,22-,23-,24-,25+,26+/m1/s1. The van der Waals surface area contributed by atoms with Crippen LogP contribution in [0.1, 0.15) is 19.4 Å². The Morgan fingerprint density at radius 1 is 0.974 bits per heavy atom. The van der Waals surface area contributed by atoms with E-state index in [1.54, 1.807) is 0 Å². The molecule has 0 radical (unpaired) electrons. The van der Waals surface area contributed by atoms with Crippen molar-refractivity contribution >= 4 is 11.8 Å². The van der Waals surface area contributed by atoms with Crippen molar-refractivity contribution in [1.29, 1.82) is 0 Å². The van der Waals surface area contributed by atoms with Gasteiger partial charge in [-0.15, -0.1) is 6.58 Å². The highest BCUT2D eigenvalue weighted by Gasteiger charge is 2.52. The molecule has 1 aromatic rings. The summed E-state index contributed by atoms with van der Waals surface area (Å²) < 4.78 is 29.5. The lowest BCUT2D eigenvalue weighted by molar-refractivity contribution is -0.332. The summed E-state index contributed by atoms with van der Waals surface area (Å²) in [5, 5.41) is 46.7. The fraction of sp³-hybridized carbons (Fsp3) is 0.615. The number of hydrogen-bond donors (Lipinski definition) is 6. The SMILES string of the molecule is C=CCO[C@@H]1[C@H](NC(C)=O)[C@@H](O)O[C@H](COCc2ccccc2)[C@H]1O[C@@H]1O[C@H](CO)[C@@H](O)[C@H](O)[C@@H]1NC(C)=O. The molecule has 2 fully saturated rings. The summed E-state index contributed by atoms with van der Waals surface area (Å²) in [7, 11) is 0. The van der Waals surface area contributed by atoms with Crippen molar-refractivity contribution in [3.05, 3.63) is 48.6 Å². The molecule has 13 heteroatoms. The van der Waals surface area contributed by atoms with E-state index in [0.717, 1.165) is 5.56 Å². The molecule has 218 valence electrons. The number of amides is 2. The quantitative estimate of drug-likeness (QED) is 0.162. The van der Waals surface area contributed by atoms with Crippen molar-refractivity contribution in [3.8, 4) is 0 Å². The molecule has 3 rings (SSSR count). The summed E-state index contributed by atoms with van der Waals surface area (Å²) in [4.78, 5) is 23.8. The van der Waals surface area contributed by atoms with Crippen LogP contribution in [0, 0.1) is 0 Å². The third kappa shape index (κ3) is 8.27. The van der Waals surface area contributed by atoms with E-state index in [4.69, 9.17) is 23.7 Å². The minimum absolute atomic E-state index is 0.0200. The second-order valence-corrected chi connectivity index (χ2v) is 9.41. The highest BCUT2D eigenvalue weighted by atomic mass is 16.7. The van der Waals surface area contributed by atoms with Gasteiger partial charge in [0, 0.05) is 13.8 Å². The molecule has 2 heterocycles. The number of nitrogens with one attached hydrogen (secondary N) is 2. The smallest absolute Gasteiger partial charge is 0.217 e. The van der Waals surface area contributed by atoms with Gasteiger partial charge >= 0.3 is 0 Å². The Morgan fingerprint density at radius 3 is 2.26 bits per heavy atom. The van der Waals surface area contributed by atoms with Gasteiger partial charge in [0.25, 0.3) is 0 Å². The second kappa shape index (κ2) is 14.8. The number of carbonyl (C=O) groups excluding carboxylic acids is 2. The van der Waals surface area contributed by atoms with Crippen LogP contribution in [0.3, 0.4) is 0 Å². The fourth-order valence-electron chi connectivity index (χ4n) is 4.59. The van der Waals surface area contributed by atoms with E-state index < -0.39 is 79.7 Å². The van der Waals surface area contributed by atoms with E-state index in [2.05, 4.69) is 17.2 Å². The number of carbonyl (C=O) groups is 2. The molecule has 2 aliphatic rings. The van der Waals surface area contributed by atoms with Gasteiger partial charge in [-0.3, -0.25) is 9.59 Å². The molecule has 0 bridgehead atoms. The van der Waals surface area contributed by atoms with Crippen LogP contribution in [0.25, 0.3) is 0 Å². The van der Waals surface area contributed by atoms with Crippen LogP contribution < -0.4 is 10.6 Å². The van der Waals surface area contributed by atoms with E-state index in [9.17, 15) is 30.0 Å². The summed E-state index contributed by atoms with van der Waals surface area (Å²) >= 11 is 0. The van der Waals surface area contributed by atoms with Gasteiger partial charge in [0.1, 0.15) is 48.7 Å². The number of ether oxygens (including phenoxy) is 5. The van der Waals surface area contributed by atoms with E-state index in [-0.39, 0.29) is 19.8 Å². The average Bonchev–Trinajstić information content (AvgIpc) is 2.90. The first-order valence-corrected chi connectivity index (χ1v) is 12.7. The molecule has 0 saturated carbocycles. The molecule has 2 amide bonds. The van der Waals surface area contributed by atoms with Crippen LogP contribution in [-0.4, -0.2) is 113 Å². The third-order valence-electron chi connectivity index (χ3n) is 6.38. The van der Waals surface area contributed by atoms with E-state index >= 15 is 0 Å². The zero-order chi connectivity index (χ0) is 28.5. The molecule has 2 aliphatic heterocycles. The molecular weight excluding hydrogens is 516 g/mol. The molecule has 10 atom stereocenters. The summed E-state index contributed by atoms with van der Waals surface area (Å²) in [6, 6.07) is 7.04. The summed E-state index contributed by atoms with van der Waals surface area (Å²) in [6.45, 7) is 5.66. The van der Waals surface area contributed by atoms with Crippen LogP contribution >= 0.6 is 0 Å². The van der Waals surface area contributed by atoms with Gasteiger partial charge in [-0.2, -0.15) is 0 Å². The second-order valence-electron chi connectivity index (χ2n) is 9.41. The van der Waals surface area contributed by atoms with Crippen LogP contribution in [0.2, 0.25) is 0 Å². The topological polar surface area (TPSA) is 185 Å². The van der Waals surface area contributed by atoms with Crippen molar-refractivity contribution in [1.82, 2.24) is 10.6 Å². The molecule has 13 nitrogen and oxygen atoms in total. The van der Waals surface area contributed by atoms with E-state index in [1.165, 1.54) is 19.9 Å². The van der Waals surface area contributed by atoms with Gasteiger partial charge in [-0.05, 0) is 5.56 Å². The number of benzene rings is 1. The highest BCUT2D eigenvalue weighted by molar-refractivity contribution is 5.73. The largest absolute Gasteiger partial charge is 0.394 e. The van der Waals surface area contributed by atoms with Gasteiger partial charge in [0.05, 0.1) is 26.4 Å². The Balaban J connectivity index is 1.91. The van der Waals surface area contributed by atoms with Crippen LogP contribution in [0.4, 0.5) is 0 Å². The van der Waals surface area contributed by atoms with E-state index in [1.807, 2.05) is 30.3 Å². The van der Waals surface area contributed by atoms with Crippen LogP contribution in [0.15, 0.2) is 43.0 Å². The Kier molecular flexibility index (Phi) is 11.8. The van der Waals surface area contributed by atoms with Crippen LogP contribution in [0.5, 0.6) is 0 Å². The molecule has 2 saturated heterocycles. The lowest BCUT2D eigenvalue weighted by Crippen LogP contribution is -2.69. The van der Waals surface area contributed by atoms with Gasteiger partial charge in [-0.1, -0.05) is 36.4 Å². The van der Waals surface area contributed by atoms with Gasteiger partial charge in [-0.25, -0.2) is 0 Å². The van der Waals surface area contributed by atoms with Crippen molar-refractivity contribution in [2.45, 2.75) is 81.7 Å². The fourth-order valence-corrected chi connectivity index (χ4v) is 4.59. The summed E-state index contributed by atoms with van der Waals surface area (Å²) in [5.41, 5.74) is 0.895. The molecular formula is C26H38N2O11. The minimum Gasteiger partial charge on any atom is -0.394 e. The highest BCUT2D eigenvalue weighted by Crippen LogP contribution is 2.30. The zero-order valence-electron chi connectivity index (χ0n) is 21.9. The maximum Gasteiger partial charge on any atom is 0.217 e. The summed E-state index contributed by atoms with van der Waals surface area (Å²) in [5.74, 6) is -0.990. The number of aliphatic hydroxyl groups is 4. The Bertz CT molecular complexity index is 936. The molecule has 39 heavy (non-hydrogen) atoms. The average molecular weight is 555 g/mol. The summed E-state index contributed by atoms with van der Waals surface area (Å²) in [6.07, 6.45) is -8.79. The lowest BCUT2D eigenvalue weighted by Gasteiger charge is -2.48. The zero-order valence-corrected chi connectivity index (χ0v) is 21.9.